The molecule has 3 aliphatic heterocycles. The lowest BCUT2D eigenvalue weighted by molar-refractivity contribution is 0.0252. The molecule has 1 aromatic carbocycles. The van der Waals surface area contributed by atoms with E-state index in [1.807, 2.05) is 6.07 Å². The van der Waals surface area contributed by atoms with E-state index in [4.69, 9.17) is 15.5 Å². The second kappa shape index (κ2) is 14.2. The fourth-order valence-electron chi connectivity index (χ4n) is 8.11. The maximum absolute atomic E-state index is 14.7. The van der Waals surface area contributed by atoms with Crippen LogP contribution in [0.5, 0.6) is 0 Å². The van der Waals surface area contributed by atoms with Gasteiger partial charge in [0.25, 0.3) is 0 Å². The lowest BCUT2D eigenvalue weighted by Crippen LogP contribution is -2.48. The molecule has 5 atom stereocenters. The van der Waals surface area contributed by atoms with Crippen molar-refractivity contribution in [1.29, 1.82) is 5.26 Å². The summed E-state index contributed by atoms with van der Waals surface area (Å²) in [5.74, 6) is 0.292. The summed E-state index contributed by atoms with van der Waals surface area (Å²) < 4.78 is 21.3. The van der Waals surface area contributed by atoms with Crippen LogP contribution in [0.15, 0.2) is 18.2 Å². The van der Waals surface area contributed by atoms with Crippen LogP contribution in [0.2, 0.25) is 0 Å². The molecule has 4 heterocycles. The van der Waals surface area contributed by atoms with Crippen molar-refractivity contribution < 1.29 is 9.13 Å². The quantitative estimate of drug-likeness (QED) is 0.184. The zero-order chi connectivity index (χ0) is 31.4. The number of ether oxygens (including phenoxy) is 1. The van der Waals surface area contributed by atoms with Gasteiger partial charge < -0.3 is 15.4 Å². The highest BCUT2D eigenvalue weighted by molar-refractivity contribution is 5.63. The van der Waals surface area contributed by atoms with E-state index in [2.05, 4.69) is 62.6 Å². The van der Waals surface area contributed by atoms with Crippen molar-refractivity contribution in [3.8, 4) is 6.07 Å². The number of alkyl halides is 1. The molecule has 2 aromatic rings. The van der Waals surface area contributed by atoms with Crippen LogP contribution in [0.25, 0.3) is 0 Å². The SMILES string of the molecule is CCCCCC1CCN1c1cc(CC[C@]2(CC)CC(F)CN2CC)nc2c1COC(c1c([C@@H](C)CC)ccc(N)c1C#N)C2. The highest BCUT2D eigenvalue weighted by atomic mass is 19.1. The molecular formula is C37H54FN5O. The predicted octanol–water partition coefficient (Wildman–Crippen LogP) is 8.17. The topological polar surface area (TPSA) is 78.4 Å². The summed E-state index contributed by atoms with van der Waals surface area (Å²) >= 11 is 0. The number of benzene rings is 1. The molecule has 2 N–H and O–H groups in total. The standard InChI is InChI=1S/C37H54FN5O/c1-6-10-11-12-28-16-18-43(28)34-19-27(15-17-37(8-3)21-26(38)23-42(37)9-4)41-33-20-35(44-24-31(33)34)36-29(25(5)7-2)13-14-32(40)30(36)22-39/h13-14,19,25-26,28,35H,6-12,15-18,20-21,23-24,40H2,1-5H3/t25-,26?,28?,35?,37+/m0/s1. The highest BCUT2D eigenvalue weighted by Crippen LogP contribution is 2.43. The summed E-state index contributed by atoms with van der Waals surface area (Å²) in [6.07, 6.45) is 10.1. The van der Waals surface area contributed by atoms with Crippen LogP contribution in [0, 0.1) is 11.3 Å². The van der Waals surface area contributed by atoms with Gasteiger partial charge in [-0.1, -0.05) is 59.9 Å². The lowest BCUT2D eigenvalue weighted by Gasteiger charge is -2.45. The molecule has 2 fully saturated rings. The van der Waals surface area contributed by atoms with Crippen molar-refractivity contribution in [3.05, 3.63) is 51.8 Å². The Bertz CT molecular complexity index is 1340. The van der Waals surface area contributed by atoms with Crippen LogP contribution >= 0.6 is 0 Å². The summed E-state index contributed by atoms with van der Waals surface area (Å²) in [6.45, 7) is 14.0. The van der Waals surface area contributed by atoms with E-state index in [0.29, 0.717) is 49.2 Å². The zero-order valence-electron chi connectivity index (χ0n) is 27.8. The number of nitrogens with two attached hydrogens (primary N) is 1. The van der Waals surface area contributed by atoms with Crippen molar-refractivity contribution in [2.75, 3.05) is 30.3 Å². The number of halogens is 1. The Hall–Kier alpha value is -2.69. The van der Waals surface area contributed by atoms with Crippen LogP contribution in [0.3, 0.4) is 0 Å². The van der Waals surface area contributed by atoms with Crippen LogP contribution in [0.1, 0.15) is 138 Å². The van der Waals surface area contributed by atoms with E-state index in [1.165, 1.54) is 43.4 Å². The van der Waals surface area contributed by atoms with Gasteiger partial charge in [-0.05, 0) is 75.1 Å². The average Bonchev–Trinajstić information content (AvgIpc) is 3.36. The van der Waals surface area contributed by atoms with Gasteiger partial charge >= 0.3 is 0 Å². The fraction of sp³-hybridized carbons (Fsp3) is 0.676. The van der Waals surface area contributed by atoms with Crippen molar-refractivity contribution in [1.82, 2.24) is 9.88 Å². The first-order valence-corrected chi connectivity index (χ1v) is 17.4. The van der Waals surface area contributed by atoms with Gasteiger partial charge in [0.2, 0.25) is 0 Å². The van der Waals surface area contributed by atoms with Gasteiger partial charge in [0.15, 0.2) is 0 Å². The van der Waals surface area contributed by atoms with Crippen molar-refractivity contribution in [2.45, 2.75) is 142 Å². The fourth-order valence-corrected chi connectivity index (χ4v) is 8.11. The third kappa shape index (κ3) is 6.35. The number of nitrogen functional groups attached to an aromatic ring is 1. The highest BCUT2D eigenvalue weighted by Gasteiger charge is 2.43. The van der Waals surface area contributed by atoms with Crippen LogP contribution in [-0.4, -0.2) is 47.3 Å². The Labute approximate surface area is 265 Å². The molecule has 6 nitrogen and oxygen atoms in total. The predicted molar refractivity (Wildman–Crippen MR) is 178 cm³/mol. The van der Waals surface area contributed by atoms with Crippen LogP contribution < -0.4 is 10.6 Å². The first-order valence-electron chi connectivity index (χ1n) is 17.4. The molecule has 0 saturated carbocycles. The molecule has 44 heavy (non-hydrogen) atoms. The van der Waals surface area contributed by atoms with E-state index in [1.54, 1.807) is 0 Å². The number of nitrogens with zero attached hydrogens (tertiary/aromatic N) is 4. The number of aryl methyl sites for hydroxylation is 1. The number of anilines is 2. The summed E-state index contributed by atoms with van der Waals surface area (Å²) in [7, 11) is 0. The molecule has 0 amide bonds. The molecule has 3 aliphatic rings. The first kappa shape index (κ1) is 32.7. The number of rotatable bonds is 13. The van der Waals surface area contributed by atoms with Gasteiger partial charge in [-0.2, -0.15) is 5.26 Å². The van der Waals surface area contributed by atoms with E-state index < -0.39 is 6.17 Å². The number of likely N-dealkylation sites (tertiary alicyclic amines) is 1. The minimum Gasteiger partial charge on any atom is -0.398 e. The molecule has 7 heteroatoms. The van der Waals surface area contributed by atoms with Crippen molar-refractivity contribution >= 4 is 11.4 Å². The van der Waals surface area contributed by atoms with E-state index in [0.717, 1.165) is 61.3 Å². The molecular weight excluding hydrogens is 549 g/mol. The molecule has 0 aliphatic carbocycles. The molecule has 240 valence electrons. The molecule has 2 saturated heterocycles. The second-order valence-corrected chi connectivity index (χ2v) is 13.6. The molecule has 0 radical (unpaired) electrons. The third-order valence-electron chi connectivity index (χ3n) is 11.1. The number of fused-ring (bicyclic) bond motifs is 1. The number of hydrogen-bond acceptors (Lipinski definition) is 6. The summed E-state index contributed by atoms with van der Waals surface area (Å²) in [5.41, 5.74) is 14.0. The molecule has 0 bridgehead atoms. The van der Waals surface area contributed by atoms with Gasteiger partial charge in [-0.3, -0.25) is 9.88 Å². The minimum absolute atomic E-state index is 0.106. The maximum atomic E-state index is 14.7. The Kier molecular flexibility index (Phi) is 10.5. The minimum atomic E-state index is -0.753. The van der Waals surface area contributed by atoms with Gasteiger partial charge in [-0.15, -0.1) is 0 Å². The van der Waals surface area contributed by atoms with Crippen LogP contribution in [0.4, 0.5) is 15.8 Å². The Morgan fingerprint density at radius 2 is 2.05 bits per heavy atom. The maximum Gasteiger partial charge on any atom is 0.115 e. The summed E-state index contributed by atoms with van der Waals surface area (Å²) in [5, 5.41) is 10.2. The number of unbranched alkanes of at least 4 members (excludes halogenated alkanes) is 2. The normalized spacial score (nSPS) is 25.8. The van der Waals surface area contributed by atoms with E-state index in [9.17, 15) is 9.65 Å². The van der Waals surface area contributed by atoms with Gasteiger partial charge in [0, 0.05) is 59.3 Å². The van der Waals surface area contributed by atoms with E-state index in [-0.39, 0.29) is 11.6 Å². The monoisotopic (exact) mass is 603 g/mol. The second-order valence-electron chi connectivity index (χ2n) is 13.6. The first-order chi connectivity index (χ1) is 21.3. The molecule has 5 rings (SSSR count). The summed E-state index contributed by atoms with van der Waals surface area (Å²) in [4.78, 5) is 10.3. The largest absolute Gasteiger partial charge is 0.398 e. The van der Waals surface area contributed by atoms with Crippen molar-refractivity contribution in [2.24, 2.45) is 0 Å². The number of pyridine rings is 1. The van der Waals surface area contributed by atoms with Gasteiger partial charge in [0.1, 0.15) is 12.2 Å². The molecule has 0 spiro atoms. The average molecular weight is 604 g/mol. The summed E-state index contributed by atoms with van der Waals surface area (Å²) in [6, 6.07) is 9.23. The van der Waals surface area contributed by atoms with Gasteiger partial charge in [-0.25, -0.2) is 4.39 Å². The molecule has 3 unspecified atom stereocenters. The van der Waals surface area contributed by atoms with Crippen molar-refractivity contribution in [3.63, 3.8) is 0 Å². The third-order valence-corrected chi connectivity index (χ3v) is 11.1. The number of hydrogen-bond donors (Lipinski definition) is 1. The lowest BCUT2D eigenvalue weighted by atomic mass is 9.84. The zero-order valence-corrected chi connectivity index (χ0v) is 27.8. The number of aromatic nitrogens is 1. The Morgan fingerprint density at radius 3 is 2.70 bits per heavy atom. The smallest absolute Gasteiger partial charge is 0.115 e. The Morgan fingerprint density at radius 1 is 1.23 bits per heavy atom. The molecule has 1 aromatic heterocycles. The van der Waals surface area contributed by atoms with Crippen LogP contribution in [-0.2, 0) is 24.2 Å². The van der Waals surface area contributed by atoms with E-state index >= 15 is 0 Å². The Balaban J connectivity index is 1.50. The number of nitriles is 1. The van der Waals surface area contributed by atoms with Gasteiger partial charge in [0.05, 0.1) is 24.0 Å².